The monoisotopic (exact) mass is 242 g/mol. The van der Waals surface area contributed by atoms with Crippen LogP contribution in [0.25, 0.3) is 0 Å². The molecule has 1 rings (SSSR count). The van der Waals surface area contributed by atoms with Crippen molar-refractivity contribution < 1.29 is 0 Å². The van der Waals surface area contributed by atoms with Crippen LogP contribution >= 0.6 is 11.8 Å². The molecule has 4 nitrogen and oxygen atoms in total. The standard InChI is InChI=1S/C11H22N4S/c1-4-15-6-5-13-11(15)10(14-12)8-16-7-9(2)3/h5-6,9-10,14H,4,7-8,12H2,1-3H3. The number of hydrogen-bond donors (Lipinski definition) is 2. The van der Waals surface area contributed by atoms with Crippen LogP contribution < -0.4 is 11.3 Å². The van der Waals surface area contributed by atoms with E-state index in [4.69, 9.17) is 5.84 Å². The lowest BCUT2D eigenvalue weighted by molar-refractivity contribution is 0.540. The van der Waals surface area contributed by atoms with E-state index < -0.39 is 0 Å². The van der Waals surface area contributed by atoms with Gasteiger partial charge in [-0.1, -0.05) is 13.8 Å². The van der Waals surface area contributed by atoms with Gasteiger partial charge in [-0.25, -0.2) is 10.4 Å². The normalized spacial score (nSPS) is 13.3. The van der Waals surface area contributed by atoms with E-state index in [9.17, 15) is 0 Å². The quantitative estimate of drug-likeness (QED) is 0.565. The molecule has 0 saturated heterocycles. The van der Waals surface area contributed by atoms with Crippen molar-refractivity contribution in [3.8, 4) is 0 Å². The first-order valence-corrected chi connectivity index (χ1v) is 6.89. The number of aromatic nitrogens is 2. The van der Waals surface area contributed by atoms with Crippen LogP contribution in [0.1, 0.15) is 32.6 Å². The molecular formula is C11H22N4S. The van der Waals surface area contributed by atoms with Gasteiger partial charge in [-0.2, -0.15) is 11.8 Å². The second-order valence-electron chi connectivity index (χ2n) is 4.22. The summed E-state index contributed by atoms with van der Waals surface area (Å²) < 4.78 is 2.13. The summed E-state index contributed by atoms with van der Waals surface area (Å²) in [7, 11) is 0. The van der Waals surface area contributed by atoms with Gasteiger partial charge in [0, 0.05) is 24.7 Å². The first-order valence-electron chi connectivity index (χ1n) is 5.73. The van der Waals surface area contributed by atoms with E-state index in [-0.39, 0.29) is 6.04 Å². The summed E-state index contributed by atoms with van der Waals surface area (Å²) in [5, 5.41) is 0. The Balaban J connectivity index is 2.53. The maximum atomic E-state index is 5.59. The summed E-state index contributed by atoms with van der Waals surface area (Å²) in [6, 6.07) is 0.138. The number of hydrazine groups is 1. The maximum Gasteiger partial charge on any atom is 0.128 e. The zero-order chi connectivity index (χ0) is 12.0. The summed E-state index contributed by atoms with van der Waals surface area (Å²) in [6.07, 6.45) is 3.82. The molecule has 0 fully saturated rings. The number of rotatable bonds is 7. The summed E-state index contributed by atoms with van der Waals surface area (Å²) >= 11 is 1.92. The molecule has 0 radical (unpaired) electrons. The van der Waals surface area contributed by atoms with E-state index in [1.54, 1.807) is 0 Å². The molecule has 1 atom stereocenters. The molecule has 0 saturated carbocycles. The van der Waals surface area contributed by atoms with E-state index in [2.05, 4.69) is 35.7 Å². The van der Waals surface area contributed by atoms with Crippen molar-refractivity contribution in [2.45, 2.75) is 33.4 Å². The Morgan fingerprint density at radius 1 is 1.50 bits per heavy atom. The lowest BCUT2D eigenvalue weighted by atomic mass is 10.3. The molecular weight excluding hydrogens is 220 g/mol. The van der Waals surface area contributed by atoms with Gasteiger partial charge in [0.05, 0.1) is 6.04 Å². The van der Waals surface area contributed by atoms with Crippen molar-refractivity contribution in [2.24, 2.45) is 11.8 Å². The molecule has 1 heterocycles. The van der Waals surface area contributed by atoms with Gasteiger partial charge in [-0.3, -0.25) is 5.84 Å². The average molecular weight is 242 g/mol. The number of imidazole rings is 1. The molecule has 92 valence electrons. The first-order chi connectivity index (χ1) is 7.69. The lowest BCUT2D eigenvalue weighted by Crippen LogP contribution is -2.32. The molecule has 0 aliphatic heterocycles. The summed E-state index contributed by atoms with van der Waals surface area (Å²) in [6.45, 7) is 7.50. The van der Waals surface area contributed by atoms with Crippen LogP contribution in [0.5, 0.6) is 0 Å². The third-order valence-corrected chi connectivity index (χ3v) is 3.81. The van der Waals surface area contributed by atoms with Crippen LogP contribution in [-0.2, 0) is 6.54 Å². The Morgan fingerprint density at radius 3 is 2.81 bits per heavy atom. The molecule has 1 unspecified atom stereocenters. The fraction of sp³-hybridized carbons (Fsp3) is 0.727. The van der Waals surface area contributed by atoms with Gasteiger partial charge in [0.15, 0.2) is 0 Å². The molecule has 0 aliphatic rings. The van der Waals surface area contributed by atoms with Gasteiger partial charge in [0.2, 0.25) is 0 Å². The van der Waals surface area contributed by atoms with E-state index in [1.165, 1.54) is 0 Å². The fourth-order valence-electron chi connectivity index (χ4n) is 1.52. The van der Waals surface area contributed by atoms with Gasteiger partial charge < -0.3 is 4.57 Å². The molecule has 1 aromatic rings. The number of aryl methyl sites for hydroxylation is 1. The Bertz CT molecular complexity index is 298. The second-order valence-corrected chi connectivity index (χ2v) is 5.30. The van der Waals surface area contributed by atoms with Crippen molar-refractivity contribution in [2.75, 3.05) is 11.5 Å². The highest BCUT2D eigenvalue weighted by atomic mass is 32.2. The number of hydrogen-bond acceptors (Lipinski definition) is 4. The van der Waals surface area contributed by atoms with Crippen LogP contribution in [0.4, 0.5) is 0 Å². The highest BCUT2D eigenvalue weighted by Crippen LogP contribution is 2.18. The minimum absolute atomic E-state index is 0.138. The fourth-order valence-corrected chi connectivity index (χ4v) is 2.61. The van der Waals surface area contributed by atoms with Gasteiger partial charge in [-0.15, -0.1) is 0 Å². The lowest BCUT2D eigenvalue weighted by Gasteiger charge is -2.16. The van der Waals surface area contributed by atoms with Gasteiger partial charge >= 0.3 is 0 Å². The predicted octanol–water partition coefficient (Wildman–Crippen LogP) is 1.80. The first kappa shape index (κ1) is 13.5. The number of nitrogens with zero attached hydrogens (tertiary/aromatic N) is 2. The SMILES string of the molecule is CCn1ccnc1C(CSCC(C)C)NN. The van der Waals surface area contributed by atoms with E-state index >= 15 is 0 Å². The third-order valence-electron chi connectivity index (χ3n) is 2.34. The Hall–Kier alpha value is -0.520. The zero-order valence-electron chi connectivity index (χ0n) is 10.3. The highest BCUT2D eigenvalue weighted by molar-refractivity contribution is 7.99. The van der Waals surface area contributed by atoms with Crippen LogP contribution in [0.2, 0.25) is 0 Å². The Labute approximate surface area is 102 Å². The largest absolute Gasteiger partial charge is 0.334 e. The highest BCUT2D eigenvalue weighted by Gasteiger charge is 2.14. The molecule has 0 aromatic carbocycles. The van der Waals surface area contributed by atoms with Gasteiger partial charge in [0.1, 0.15) is 5.82 Å². The van der Waals surface area contributed by atoms with Crippen molar-refractivity contribution in [1.82, 2.24) is 15.0 Å². The summed E-state index contributed by atoms with van der Waals surface area (Å²) in [5.74, 6) is 9.46. The molecule has 0 aliphatic carbocycles. The van der Waals surface area contributed by atoms with E-state index in [0.717, 1.165) is 23.9 Å². The predicted molar refractivity (Wildman–Crippen MR) is 70.1 cm³/mol. The molecule has 0 spiro atoms. The van der Waals surface area contributed by atoms with Crippen LogP contribution in [-0.4, -0.2) is 21.1 Å². The number of thioether (sulfide) groups is 1. The summed E-state index contributed by atoms with van der Waals surface area (Å²) in [4.78, 5) is 4.36. The minimum atomic E-state index is 0.138. The molecule has 0 amide bonds. The van der Waals surface area contributed by atoms with E-state index in [0.29, 0.717) is 5.92 Å². The van der Waals surface area contributed by atoms with E-state index in [1.807, 2.05) is 24.2 Å². The van der Waals surface area contributed by atoms with Gasteiger partial charge in [-0.05, 0) is 18.6 Å². The Morgan fingerprint density at radius 2 is 2.25 bits per heavy atom. The number of nitrogens with one attached hydrogen (secondary N) is 1. The zero-order valence-corrected chi connectivity index (χ0v) is 11.1. The average Bonchev–Trinajstić information content (AvgIpc) is 2.72. The summed E-state index contributed by atoms with van der Waals surface area (Å²) in [5.41, 5.74) is 2.85. The second kappa shape index (κ2) is 6.93. The van der Waals surface area contributed by atoms with Gasteiger partial charge in [0.25, 0.3) is 0 Å². The third kappa shape index (κ3) is 3.81. The van der Waals surface area contributed by atoms with Crippen molar-refractivity contribution in [3.05, 3.63) is 18.2 Å². The smallest absolute Gasteiger partial charge is 0.128 e. The Kier molecular flexibility index (Phi) is 5.87. The van der Waals surface area contributed by atoms with Crippen LogP contribution in [0.15, 0.2) is 12.4 Å². The molecule has 16 heavy (non-hydrogen) atoms. The molecule has 3 N–H and O–H groups in total. The molecule has 0 bridgehead atoms. The number of nitrogens with two attached hydrogens (primary N) is 1. The van der Waals surface area contributed by atoms with Crippen molar-refractivity contribution >= 4 is 11.8 Å². The minimum Gasteiger partial charge on any atom is -0.334 e. The van der Waals surface area contributed by atoms with Crippen molar-refractivity contribution in [3.63, 3.8) is 0 Å². The van der Waals surface area contributed by atoms with Crippen molar-refractivity contribution in [1.29, 1.82) is 0 Å². The molecule has 1 aromatic heterocycles. The van der Waals surface area contributed by atoms with Crippen LogP contribution in [0, 0.1) is 5.92 Å². The maximum absolute atomic E-state index is 5.59. The topological polar surface area (TPSA) is 55.9 Å². The molecule has 5 heteroatoms. The van der Waals surface area contributed by atoms with Crippen LogP contribution in [0.3, 0.4) is 0 Å².